The Balaban J connectivity index is 2.77. The third-order valence-electron chi connectivity index (χ3n) is 5.12. The Morgan fingerprint density at radius 2 is 1.52 bits per heavy atom. The van der Waals surface area contributed by atoms with Crippen LogP contribution in [-0.4, -0.2) is 49.2 Å². The molecule has 0 unspecified atom stereocenters. The number of esters is 2. The van der Waals surface area contributed by atoms with Gasteiger partial charge in [0.25, 0.3) is 0 Å². The number of nitriles is 2. The van der Waals surface area contributed by atoms with Crippen LogP contribution in [0.1, 0.15) is 0 Å². The van der Waals surface area contributed by atoms with E-state index in [4.69, 9.17) is 9.47 Å². The van der Waals surface area contributed by atoms with Crippen molar-refractivity contribution in [1.29, 1.82) is 10.5 Å². The SMILES string of the molecule is COC(=O)C1(C(=O)OC)[C@H]([Se]c2ccccc2)[C@@H]([Si](C)(C)C)C1(C#N)C#N. The van der Waals surface area contributed by atoms with Crippen molar-refractivity contribution in [3.63, 3.8) is 0 Å². The number of hydrogen-bond donors (Lipinski definition) is 0. The van der Waals surface area contributed by atoms with E-state index in [-0.39, 0.29) is 20.5 Å². The van der Waals surface area contributed by atoms with Crippen molar-refractivity contribution in [1.82, 2.24) is 0 Å². The molecule has 1 aromatic carbocycles. The predicted octanol–water partition coefficient (Wildman–Crippen LogP) is 1.89. The summed E-state index contributed by atoms with van der Waals surface area (Å²) in [6.07, 6.45) is 0. The monoisotopic (exact) mass is 450 g/mol. The Kier molecular flexibility index (Phi) is 5.87. The Hall–Kier alpha value is -2.12. The number of hydrogen-bond acceptors (Lipinski definition) is 6. The summed E-state index contributed by atoms with van der Waals surface area (Å²) in [6.45, 7) is 6.15. The zero-order valence-corrected chi connectivity index (χ0v) is 18.7. The molecule has 8 heteroatoms. The van der Waals surface area contributed by atoms with Gasteiger partial charge in [0.05, 0.1) is 0 Å². The second-order valence-corrected chi connectivity index (χ2v) is 15.4. The van der Waals surface area contributed by atoms with E-state index in [0.29, 0.717) is 0 Å². The van der Waals surface area contributed by atoms with Crippen molar-refractivity contribution < 1.29 is 19.1 Å². The van der Waals surface area contributed by atoms with Crippen LogP contribution in [-0.2, 0) is 19.1 Å². The number of ether oxygens (including phenoxy) is 2. The van der Waals surface area contributed by atoms with Gasteiger partial charge < -0.3 is 0 Å². The van der Waals surface area contributed by atoms with Gasteiger partial charge in [0, 0.05) is 0 Å². The van der Waals surface area contributed by atoms with Crippen LogP contribution < -0.4 is 4.46 Å². The third-order valence-corrected chi connectivity index (χ3v) is 11.3. The van der Waals surface area contributed by atoms with Crippen molar-refractivity contribution in [3.8, 4) is 12.1 Å². The van der Waals surface area contributed by atoms with E-state index in [0.717, 1.165) is 4.46 Å². The van der Waals surface area contributed by atoms with Gasteiger partial charge in [-0.15, -0.1) is 0 Å². The fourth-order valence-corrected chi connectivity index (χ4v) is 12.9. The van der Waals surface area contributed by atoms with Crippen LogP contribution in [0.5, 0.6) is 0 Å². The Bertz CT molecular complexity index is 793. The van der Waals surface area contributed by atoms with E-state index in [1.54, 1.807) is 0 Å². The molecule has 0 heterocycles. The van der Waals surface area contributed by atoms with Gasteiger partial charge in [-0.05, 0) is 0 Å². The first kappa shape index (κ1) is 21.2. The molecule has 27 heavy (non-hydrogen) atoms. The summed E-state index contributed by atoms with van der Waals surface area (Å²) in [6, 6.07) is 13.6. The van der Waals surface area contributed by atoms with Crippen LogP contribution >= 0.6 is 0 Å². The molecule has 0 spiro atoms. The number of carbonyl (C=O) groups is 2. The fourth-order valence-electron chi connectivity index (χ4n) is 4.06. The fraction of sp³-hybridized carbons (Fsp3) is 0.474. The van der Waals surface area contributed by atoms with E-state index in [1.807, 2.05) is 62.1 Å². The Morgan fingerprint density at radius 3 is 1.89 bits per heavy atom. The standard InChI is InChI=1S/C19H22N2O4SeSi/c1-24-16(22)19(17(23)25-2)14(26-13-9-7-6-8-10-13)15(27(3,4)5)18(19,11-20)12-21/h6-10,14-15H,1-5H3/t14-,15-/m1/s1. The van der Waals surface area contributed by atoms with Gasteiger partial charge in [-0.2, -0.15) is 0 Å². The molecule has 0 aliphatic heterocycles. The van der Waals surface area contributed by atoms with Gasteiger partial charge in [0.2, 0.25) is 0 Å². The number of nitrogens with zero attached hydrogens (tertiary/aromatic N) is 2. The Morgan fingerprint density at radius 1 is 1.04 bits per heavy atom. The van der Waals surface area contributed by atoms with E-state index >= 15 is 0 Å². The molecule has 1 aromatic rings. The van der Waals surface area contributed by atoms with Crippen LogP contribution in [0.15, 0.2) is 30.3 Å². The second kappa shape index (κ2) is 7.48. The van der Waals surface area contributed by atoms with Gasteiger partial charge in [0.1, 0.15) is 0 Å². The summed E-state index contributed by atoms with van der Waals surface area (Å²) in [5.41, 5.74) is -4.09. The molecule has 6 nitrogen and oxygen atoms in total. The number of benzene rings is 1. The molecule has 1 aliphatic rings. The van der Waals surface area contributed by atoms with Crippen molar-refractivity contribution >= 4 is 39.4 Å². The summed E-state index contributed by atoms with van der Waals surface area (Å²) < 4.78 is 10.9. The molecule has 2 rings (SSSR count). The van der Waals surface area contributed by atoms with Crippen molar-refractivity contribution in [2.24, 2.45) is 10.8 Å². The van der Waals surface area contributed by atoms with Crippen molar-refractivity contribution in [3.05, 3.63) is 30.3 Å². The van der Waals surface area contributed by atoms with Crippen LogP contribution in [0.2, 0.25) is 30.0 Å². The number of carbonyl (C=O) groups excluding carboxylic acids is 2. The molecule has 0 aromatic heterocycles. The average Bonchev–Trinajstić information content (AvgIpc) is 2.64. The van der Waals surface area contributed by atoms with Crippen molar-refractivity contribution in [2.75, 3.05) is 14.2 Å². The molecular weight excluding hydrogens is 427 g/mol. The number of methoxy groups -OCH3 is 2. The first-order valence-corrected chi connectivity index (χ1v) is 13.8. The zero-order chi connectivity index (χ0) is 20.5. The summed E-state index contributed by atoms with van der Waals surface area (Å²) in [4.78, 5) is 25.4. The first-order chi connectivity index (χ1) is 12.7. The summed E-state index contributed by atoms with van der Waals surface area (Å²) in [5.74, 6) is -1.73. The van der Waals surface area contributed by atoms with Gasteiger partial charge in [0.15, 0.2) is 0 Å². The van der Waals surface area contributed by atoms with Crippen molar-refractivity contribution in [2.45, 2.75) is 30.0 Å². The van der Waals surface area contributed by atoms with Crippen LogP contribution in [0.4, 0.5) is 0 Å². The van der Waals surface area contributed by atoms with E-state index in [1.165, 1.54) is 14.2 Å². The maximum absolute atomic E-state index is 12.9. The topological polar surface area (TPSA) is 100 Å². The molecule has 142 valence electrons. The first-order valence-electron chi connectivity index (χ1n) is 8.38. The molecular formula is C19H22N2O4SeSi. The van der Waals surface area contributed by atoms with Gasteiger partial charge in [-0.1, -0.05) is 0 Å². The molecule has 0 radical (unpaired) electrons. The third kappa shape index (κ3) is 2.89. The quantitative estimate of drug-likeness (QED) is 0.387. The molecule has 1 aliphatic carbocycles. The van der Waals surface area contributed by atoms with Gasteiger partial charge in [-0.3, -0.25) is 0 Å². The van der Waals surface area contributed by atoms with Crippen LogP contribution in [0.25, 0.3) is 0 Å². The molecule has 0 N–H and O–H groups in total. The number of rotatable bonds is 5. The van der Waals surface area contributed by atoms with Gasteiger partial charge in [-0.25, -0.2) is 0 Å². The summed E-state index contributed by atoms with van der Waals surface area (Å²) >= 11 is -0.328. The molecule has 0 bridgehead atoms. The van der Waals surface area contributed by atoms with E-state index < -0.39 is 35.7 Å². The van der Waals surface area contributed by atoms with E-state index in [2.05, 4.69) is 0 Å². The molecule has 2 atom stereocenters. The molecule has 0 amide bonds. The predicted molar refractivity (Wildman–Crippen MR) is 103 cm³/mol. The Labute approximate surface area is 166 Å². The minimum atomic E-state index is -2.12. The normalized spacial score (nSPS) is 22.5. The van der Waals surface area contributed by atoms with E-state index in [9.17, 15) is 20.1 Å². The summed E-state index contributed by atoms with van der Waals surface area (Å²) in [5, 5.41) is 20.0. The van der Waals surface area contributed by atoms with Crippen LogP contribution in [0.3, 0.4) is 0 Å². The molecule has 0 saturated heterocycles. The van der Waals surface area contributed by atoms with Crippen LogP contribution in [0, 0.1) is 33.5 Å². The van der Waals surface area contributed by atoms with Gasteiger partial charge >= 0.3 is 167 Å². The molecule has 1 fully saturated rings. The second-order valence-electron chi connectivity index (χ2n) is 7.52. The zero-order valence-electron chi connectivity index (χ0n) is 16.0. The average molecular weight is 449 g/mol. The molecule has 1 saturated carbocycles. The summed E-state index contributed by atoms with van der Waals surface area (Å²) in [7, 11) is 0.216. The minimum absolute atomic E-state index is 0.328. The maximum atomic E-state index is 12.9.